The summed E-state index contributed by atoms with van der Waals surface area (Å²) in [6, 6.07) is 13.2. The van der Waals surface area contributed by atoms with Crippen LogP contribution in [0.5, 0.6) is 17.2 Å². The largest absolute Gasteiger partial charge is 0.497 e. The Morgan fingerprint density at radius 1 is 1.00 bits per heavy atom. The molecule has 128 valence electrons. The Bertz CT molecular complexity index is 861. The van der Waals surface area contributed by atoms with E-state index in [-0.39, 0.29) is 0 Å². The number of nitrogens with one attached hydrogen (secondary N) is 1. The summed E-state index contributed by atoms with van der Waals surface area (Å²) >= 11 is 0. The Morgan fingerprint density at radius 2 is 1.80 bits per heavy atom. The fourth-order valence-electron chi connectivity index (χ4n) is 2.51. The van der Waals surface area contributed by atoms with Gasteiger partial charge in [0.1, 0.15) is 19.0 Å². The van der Waals surface area contributed by atoms with Gasteiger partial charge in [-0.25, -0.2) is 0 Å². The van der Waals surface area contributed by atoms with Crippen LogP contribution in [0.3, 0.4) is 0 Å². The van der Waals surface area contributed by atoms with E-state index in [0.29, 0.717) is 31.5 Å². The van der Waals surface area contributed by atoms with Crippen molar-refractivity contribution in [2.75, 3.05) is 25.6 Å². The number of fused-ring (bicyclic) bond motifs is 1. The minimum Gasteiger partial charge on any atom is -0.497 e. The van der Waals surface area contributed by atoms with E-state index < -0.39 is 0 Å². The molecule has 4 rings (SSSR count). The summed E-state index contributed by atoms with van der Waals surface area (Å²) in [7, 11) is 1.63. The van der Waals surface area contributed by atoms with Gasteiger partial charge in [-0.3, -0.25) is 0 Å². The van der Waals surface area contributed by atoms with Gasteiger partial charge in [0.2, 0.25) is 11.8 Å². The predicted octanol–water partition coefficient (Wildman–Crippen LogP) is 3.13. The first kappa shape index (κ1) is 15.3. The summed E-state index contributed by atoms with van der Waals surface area (Å²) in [6.45, 7) is 1.56. The molecule has 1 aliphatic heterocycles. The predicted molar refractivity (Wildman–Crippen MR) is 91.0 cm³/mol. The van der Waals surface area contributed by atoms with Crippen LogP contribution >= 0.6 is 0 Å². The first-order chi connectivity index (χ1) is 12.3. The van der Waals surface area contributed by atoms with Gasteiger partial charge in [0.05, 0.1) is 13.7 Å². The molecule has 0 bridgehead atoms. The van der Waals surface area contributed by atoms with Crippen molar-refractivity contribution in [2.24, 2.45) is 0 Å². The van der Waals surface area contributed by atoms with Crippen molar-refractivity contribution in [2.45, 2.75) is 6.54 Å². The summed E-state index contributed by atoms with van der Waals surface area (Å²) in [5.41, 5.74) is 1.74. The van der Waals surface area contributed by atoms with Crippen molar-refractivity contribution in [3.63, 3.8) is 0 Å². The van der Waals surface area contributed by atoms with E-state index in [4.69, 9.17) is 18.6 Å². The Kier molecular flexibility index (Phi) is 4.12. The Morgan fingerprint density at radius 3 is 2.60 bits per heavy atom. The van der Waals surface area contributed by atoms with Crippen LogP contribution in [0.2, 0.25) is 0 Å². The molecule has 25 heavy (non-hydrogen) atoms. The van der Waals surface area contributed by atoms with E-state index in [1.54, 1.807) is 7.11 Å². The average molecular weight is 339 g/mol. The SMILES string of the molecule is COc1ccc(-c2nnc(CNc3ccc4c(c3)OCCO4)o2)cc1. The number of hydrogen-bond acceptors (Lipinski definition) is 7. The number of aromatic nitrogens is 2. The maximum Gasteiger partial charge on any atom is 0.247 e. The van der Waals surface area contributed by atoms with Gasteiger partial charge in [-0.15, -0.1) is 10.2 Å². The first-order valence-electron chi connectivity index (χ1n) is 7.92. The lowest BCUT2D eigenvalue weighted by Crippen LogP contribution is -2.15. The monoisotopic (exact) mass is 339 g/mol. The van der Waals surface area contributed by atoms with Crippen molar-refractivity contribution in [3.05, 3.63) is 48.4 Å². The molecular weight excluding hydrogens is 322 g/mol. The van der Waals surface area contributed by atoms with Gasteiger partial charge in [-0.2, -0.15) is 0 Å². The number of anilines is 1. The molecule has 1 aromatic heterocycles. The highest BCUT2D eigenvalue weighted by atomic mass is 16.6. The standard InChI is InChI=1S/C18H17N3O4/c1-22-14-5-2-12(3-6-14)18-21-20-17(25-18)11-19-13-4-7-15-16(10-13)24-9-8-23-15/h2-7,10,19H,8-9,11H2,1H3. The topological polar surface area (TPSA) is 78.6 Å². The van der Waals surface area contributed by atoms with E-state index in [0.717, 1.165) is 28.5 Å². The third-order valence-corrected chi connectivity index (χ3v) is 3.79. The van der Waals surface area contributed by atoms with Crippen molar-refractivity contribution in [1.82, 2.24) is 10.2 Å². The zero-order valence-electron chi connectivity index (χ0n) is 13.7. The van der Waals surface area contributed by atoms with Gasteiger partial charge in [0.15, 0.2) is 11.5 Å². The molecule has 7 heteroatoms. The van der Waals surface area contributed by atoms with Gasteiger partial charge in [0, 0.05) is 17.3 Å². The molecule has 1 aliphatic rings. The summed E-state index contributed by atoms with van der Waals surface area (Å²) in [4.78, 5) is 0. The van der Waals surface area contributed by atoms with E-state index >= 15 is 0 Å². The molecule has 2 heterocycles. The van der Waals surface area contributed by atoms with Crippen LogP contribution in [-0.4, -0.2) is 30.5 Å². The third-order valence-electron chi connectivity index (χ3n) is 3.79. The Balaban J connectivity index is 1.42. The quantitative estimate of drug-likeness (QED) is 0.765. The highest BCUT2D eigenvalue weighted by molar-refractivity contribution is 5.56. The van der Waals surface area contributed by atoms with Crippen molar-refractivity contribution in [3.8, 4) is 28.7 Å². The maximum absolute atomic E-state index is 5.70. The second-order valence-corrected chi connectivity index (χ2v) is 5.44. The number of hydrogen-bond donors (Lipinski definition) is 1. The van der Waals surface area contributed by atoms with Gasteiger partial charge >= 0.3 is 0 Å². The summed E-state index contributed by atoms with van der Waals surface area (Å²) in [6.07, 6.45) is 0. The summed E-state index contributed by atoms with van der Waals surface area (Å²) in [5, 5.41) is 11.4. The number of benzene rings is 2. The van der Waals surface area contributed by atoms with E-state index in [9.17, 15) is 0 Å². The van der Waals surface area contributed by atoms with Gasteiger partial charge in [-0.05, 0) is 36.4 Å². The molecule has 0 spiro atoms. The lowest BCUT2D eigenvalue weighted by Gasteiger charge is -2.19. The van der Waals surface area contributed by atoms with Crippen LogP contribution in [0.1, 0.15) is 5.89 Å². The lowest BCUT2D eigenvalue weighted by molar-refractivity contribution is 0.171. The van der Waals surface area contributed by atoms with Gasteiger partial charge in [-0.1, -0.05) is 0 Å². The molecule has 0 atom stereocenters. The van der Waals surface area contributed by atoms with E-state index in [2.05, 4.69) is 15.5 Å². The van der Waals surface area contributed by atoms with Gasteiger partial charge < -0.3 is 23.9 Å². The number of methoxy groups -OCH3 is 1. The highest BCUT2D eigenvalue weighted by Gasteiger charge is 2.12. The van der Waals surface area contributed by atoms with Crippen LogP contribution in [0.4, 0.5) is 5.69 Å². The molecule has 0 amide bonds. The minimum atomic E-state index is 0.419. The van der Waals surface area contributed by atoms with Crippen LogP contribution < -0.4 is 19.5 Å². The average Bonchev–Trinajstić information content (AvgIpc) is 3.15. The Hall–Kier alpha value is -3.22. The number of nitrogens with zero attached hydrogens (tertiary/aromatic N) is 2. The maximum atomic E-state index is 5.70. The second kappa shape index (κ2) is 6.72. The molecule has 2 aromatic carbocycles. The van der Waals surface area contributed by atoms with Crippen LogP contribution in [0, 0.1) is 0 Å². The molecule has 0 aliphatic carbocycles. The van der Waals surface area contributed by atoms with Crippen molar-refractivity contribution >= 4 is 5.69 Å². The van der Waals surface area contributed by atoms with Crippen LogP contribution in [0.25, 0.3) is 11.5 Å². The molecule has 0 saturated heterocycles. The Labute approximate surface area is 144 Å². The van der Waals surface area contributed by atoms with Crippen molar-refractivity contribution < 1.29 is 18.6 Å². The van der Waals surface area contributed by atoms with Crippen LogP contribution in [-0.2, 0) is 6.54 Å². The highest BCUT2D eigenvalue weighted by Crippen LogP contribution is 2.32. The third kappa shape index (κ3) is 3.35. The smallest absolute Gasteiger partial charge is 0.247 e. The molecule has 3 aromatic rings. The molecule has 1 N–H and O–H groups in total. The first-order valence-corrected chi connectivity index (χ1v) is 7.92. The molecule has 0 fully saturated rings. The van der Waals surface area contributed by atoms with E-state index in [1.165, 1.54) is 0 Å². The number of rotatable bonds is 5. The van der Waals surface area contributed by atoms with Crippen molar-refractivity contribution in [1.29, 1.82) is 0 Å². The number of ether oxygens (including phenoxy) is 3. The lowest BCUT2D eigenvalue weighted by atomic mass is 10.2. The van der Waals surface area contributed by atoms with Crippen LogP contribution in [0.15, 0.2) is 46.9 Å². The molecule has 0 saturated carbocycles. The van der Waals surface area contributed by atoms with E-state index in [1.807, 2.05) is 42.5 Å². The second-order valence-electron chi connectivity index (χ2n) is 5.44. The van der Waals surface area contributed by atoms with Gasteiger partial charge in [0.25, 0.3) is 0 Å². The zero-order valence-corrected chi connectivity index (χ0v) is 13.7. The fraction of sp³-hybridized carbons (Fsp3) is 0.222. The minimum absolute atomic E-state index is 0.419. The fourth-order valence-corrected chi connectivity index (χ4v) is 2.51. The summed E-state index contributed by atoms with van der Waals surface area (Å²) < 4.78 is 21.9. The molecular formula is C18H17N3O4. The molecule has 7 nitrogen and oxygen atoms in total. The normalized spacial score (nSPS) is 12.7. The molecule has 0 radical (unpaired) electrons. The summed E-state index contributed by atoms with van der Waals surface area (Å²) in [5.74, 6) is 3.25. The zero-order chi connectivity index (χ0) is 17.1. The molecule has 0 unspecified atom stereocenters.